The number of carbonyl (C=O) groups excluding carboxylic acids is 2. The lowest BCUT2D eigenvalue weighted by Gasteiger charge is -2.24. The molecule has 1 N–H and O–H groups in total. The Labute approximate surface area is 482 Å². The van der Waals surface area contributed by atoms with E-state index in [0.29, 0.717) is 17.4 Å². The van der Waals surface area contributed by atoms with E-state index < -0.39 is 26.5 Å². The van der Waals surface area contributed by atoms with Gasteiger partial charge in [0.05, 0.1) is 34.2 Å². The zero-order chi connectivity index (χ0) is 57.0. The van der Waals surface area contributed by atoms with Gasteiger partial charge in [0.25, 0.3) is 0 Å². The Kier molecular flexibility index (Phi) is 57.2. The molecule has 0 amide bonds. The number of phosphoric acid groups is 1. The average molecular weight is 1120 g/mol. The largest absolute Gasteiger partial charge is 0.472 e. The first-order valence-electron chi connectivity index (χ1n) is 32.7. The number of hydrogen-bond donors (Lipinski definition) is 1. The Morgan fingerprint density at radius 3 is 1.14 bits per heavy atom. The topological polar surface area (TPSA) is 108 Å². The molecule has 0 rings (SSSR count). The Morgan fingerprint density at radius 1 is 0.423 bits per heavy atom. The molecule has 0 saturated heterocycles. The first-order valence-corrected chi connectivity index (χ1v) is 34.2. The average Bonchev–Trinajstić information content (AvgIpc) is 3.41. The minimum atomic E-state index is -4.41. The van der Waals surface area contributed by atoms with Gasteiger partial charge in [0.1, 0.15) is 19.8 Å². The molecule has 0 aromatic rings. The van der Waals surface area contributed by atoms with Gasteiger partial charge < -0.3 is 18.9 Å². The first kappa shape index (κ1) is 75.5. The number of nitrogens with zero attached hydrogens (tertiary/aromatic N) is 1. The quantitative estimate of drug-likeness (QED) is 0.0211. The van der Waals surface area contributed by atoms with E-state index in [1.807, 2.05) is 33.3 Å². The lowest BCUT2D eigenvalue weighted by molar-refractivity contribution is -0.870. The number of phosphoric ester groups is 1. The third kappa shape index (κ3) is 62.6. The Morgan fingerprint density at radius 2 is 0.769 bits per heavy atom. The molecule has 0 radical (unpaired) electrons. The molecule has 0 fully saturated rings. The van der Waals surface area contributed by atoms with Crippen LogP contribution in [0.4, 0.5) is 0 Å². The summed E-state index contributed by atoms with van der Waals surface area (Å²) in [7, 11) is 1.42. The van der Waals surface area contributed by atoms with E-state index in [1.165, 1.54) is 218 Å². The molecular formula is C68H125NO8P+. The van der Waals surface area contributed by atoms with Gasteiger partial charge in [0, 0.05) is 6.42 Å². The minimum Gasteiger partial charge on any atom is -0.462 e. The van der Waals surface area contributed by atoms with Crippen molar-refractivity contribution in [2.24, 2.45) is 0 Å². The van der Waals surface area contributed by atoms with Crippen molar-refractivity contribution in [3.05, 3.63) is 72.9 Å². The van der Waals surface area contributed by atoms with Crippen molar-refractivity contribution in [2.75, 3.05) is 47.5 Å². The number of ether oxygens (including phenoxy) is 2. The van der Waals surface area contributed by atoms with Crippen molar-refractivity contribution in [1.29, 1.82) is 0 Å². The summed E-state index contributed by atoms with van der Waals surface area (Å²) in [5, 5.41) is 0. The molecule has 454 valence electrons. The third-order valence-corrected chi connectivity index (χ3v) is 15.2. The monoisotopic (exact) mass is 1110 g/mol. The van der Waals surface area contributed by atoms with E-state index >= 15 is 0 Å². The van der Waals surface area contributed by atoms with Crippen LogP contribution in [0.5, 0.6) is 0 Å². The van der Waals surface area contributed by atoms with Gasteiger partial charge in [-0.3, -0.25) is 18.6 Å². The van der Waals surface area contributed by atoms with Crippen LogP contribution >= 0.6 is 7.82 Å². The van der Waals surface area contributed by atoms with Crippen LogP contribution in [0.1, 0.15) is 296 Å². The molecular weight excluding hydrogens is 990 g/mol. The van der Waals surface area contributed by atoms with Crippen LogP contribution in [0, 0.1) is 0 Å². The fourth-order valence-electron chi connectivity index (χ4n) is 9.27. The molecule has 0 aromatic carbocycles. The molecule has 2 unspecified atom stereocenters. The summed E-state index contributed by atoms with van der Waals surface area (Å²) in [6.45, 7) is 4.23. The molecule has 0 aliphatic rings. The molecule has 0 aliphatic heterocycles. The van der Waals surface area contributed by atoms with Crippen LogP contribution in [-0.4, -0.2) is 74.9 Å². The highest BCUT2D eigenvalue weighted by Gasteiger charge is 2.27. The van der Waals surface area contributed by atoms with Crippen LogP contribution in [-0.2, 0) is 32.7 Å². The van der Waals surface area contributed by atoms with Crippen LogP contribution in [0.2, 0.25) is 0 Å². The van der Waals surface area contributed by atoms with Gasteiger partial charge in [-0.2, -0.15) is 0 Å². The van der Waals surface area contributed by atoms with Gasteiger partial charge in [-0.05, 0) is 64.2 Å². The van der Waals surface area contributed by atoms with Crippen molar-refractivity contribution >= 4 is 19.8 Å². The number of rotatable bonds is 60. The van der Waals surface area contributed by atoms with E-state index in [1.54, 1.807) is 6.08 Å². The van der Waals surface area contributed by atoms with E-state index in [2.05, 4.69) is 68.5 Å². The zero-order valence-electron chi connectivity index (χ0n) is 51.6. The number of unbranched alkanes of at least 4 members (excludes halogenated alkanes) is 35. The maximum atomic E-state index is 12.7. The highest BCUT2D eigenvalue weighted by Crippen LogP contribution is 2.43. The maximum absolute atomic E-state index is 12.7. The molecule has 78 heavy (non-hydrogen) atoms. The molecule has 0 spiro atoms. The summed E-state index contributed by atoms with van der Waals surface area (Å²) in [5.74, 6) is -0.938. The Bertz CT molecular complexity index is 1550. The van der Waals surface area contributed by atoms with E-state index in [4.69, 9.17) is 18.5 Å². The van der Waals surface area contributed by atoms with Crippen molar-refractivity contribution in [1.82, 2.24) is 0 Å². The predicted octanol–water partition coefficient (Wildman–Crippen LogP) is 20.8. The second kappa shape index (κ2) is 59.1. The van der Waals surface area contributed by atoms with Crippen LogP contribution in [0.25, 0.3) is 0 Å². The molecule has 10 heteroatoms. The smallest absolute Gasteiger partial charge is 0.462 e. The fraction of sp³-hybridized carbons (Fsp3) is 0.794. The summed E-state index contributed by atoms with van der Waals surface area (Å²) in [4.78, 5) is 35.6. The van der Waals surface area contributed by atoms with E-state index in [9.17, 15) is 19.0 Å². The Hall–Kier alpha value is -2.55. The number of hydrogen-bond acceptors (Lipinski definition) is 7. The second-order valence-electron chi connectivity index (χ2n) is 23.1. The lowest BCUT2D eigenvalue weighted by Crippen LogP contribution is -2.37. The molecule has 0 aliphatic carbocycles. The van der Waals surface area contributed by atoms with E-state index in [-0.39, 0.29) is 32.0 Å². The highest BCUT2D eigenvalue weighted by molar-refractivity contribution is 7.47. The summed E-state index contributed by atoms with van der Waals surface area (Å²) in [6.07, 6.45) is 79.3. The molecule has 9 nitrogen and oxygen atoms in total. The molecule has 0 bridgehead atoms. The first-order chi connectivity index (χ1) is 38.0. The van der Waals surface area contributed by atoms with Gasteiger partial charge in [-0.15, -0.1) is 0 Å². The van der Waals surface area contributed by atoms with Crippen LogP contribution < -0.4 is 0 Å². The van der Waals surface area contributed by atoms with Gasteiger partial charge >= 0.3 is 19.8 Å². The third-order valence-electron chi connectivity index (χ3n) is 14.3. The predicted molar refractivity (Wildman–Crippen MR) is 335 cm³/mol. The van der Waals surface area contributed by atoms with Gasteiger partial charge in [-0.25, -0.2) is 4.57 Å². The number of quaternary nitrogens is 1. The summed E-state index contributed by atoms with van der Waals surface area (Å²) < 4.78 is 34.4. The number of likely N-dealkylation sites (N-methyl/N-ethyl adjacent to an activating group) is 1. The fourth-order valence-corrected chi connectivity index (χ4v) is 10.0. The second-order valence-corrected chi connectivity index (χ2v) is 24.6. The molecule has 0 saturated carbocycles. The number of esters is 2. The normalized spacial score (nSPS) is 13.7. The SMILES string of the molecule is CC/C=C\C/C=C\C/C=C\C/C=C\C/C=C\CC(=O)OC(COC(=O)CCCCCCCCCCCCCCCCCCCCCCCCCCCCC/C=C\CCCCCCCCCC)COP(=O)(O)OCC[N+](C)(C)C. The van der Waals surface area contributed by atoms with Gasteiger partial charge in [-0.1, -0.05) is 292 Å². The van der Waals surface area contributed by atoms with Gasteiger partial charge in [0.15, 0.2) is 6.10 Å². The summed E-state index contributed by atoms with van der Waals surface area (Å²) in [5.41, 5.74) is 0. The van der Waals surface area contributed by atoms with Crippen LogP contribution in [0.15, 0.2) is 72.9 Å². The van der Waals surface area contributed by atoms with Gasteiger partial charge in [0.2, 0.25) is 0 Å². The van der Waals surface area contributed by atoms with Crippen LogP contribution in [0.3, 0.4) is 0 Å². The summed E-state index contributed by atoms with van der Waals surface area (Å²) >= 11 is 0. The maximum Gasteiger partial charge on any atom is 0.472 e. The summed E-state index contributed by atoms with van der Waals surface area (Å²) in [6, 6.07) is 0. The van der Waals surface area contributed by atoms with Crippen molar-refractivity contribution in [3.63, 3.8) is 0 Å². The Balaban J connectivity index is 3.91. The van der Waals surface area contributed by atoms with Crippen molar-refractivity contribution in [2.45, 2.75) is 302 Å². The van der Waals surface area contributed by atoms with E-state index in [0.717, 1.165) is 44.9 Å². The zero-order valence-corrected chi connectivity index (χ0v) is 52.5. The van der Waals surface area contributed by atoms with Crippen molar-refractivity contribution < 1.29 is 42.1 Å². The lowest BCUT2D eigenvalue weighted by atomic mass is 10.0. The number of allylic oxidation sites excluding steroid dienone is 11. The molecule has 2 atom stereocenters. The standard InChI is InChI=1S/C68H124NO8P/c1-6-8-10-12-14-16-18-20-22-23-24-25-26-27-28-29-30-31-32-33-34-35-36-37-38-39-40-41-42-43-44-45-47-48-50-52-54-56-58-60-67(70)74-64-66(65-76-78(72,73)75-63-62-69(3,4)5)77-68(71)61-59-57-55-53-51-49-46-21-19-17-15-13-11-9-7-2/h9,11,15,17,21,23-24,46,51,53,57,59,66H,6-8,10,12-14,16,18-20,22,25-45,47-50,52,54-56,58,60-65H2,1-5H3/p+1/b11-9-,17-15-,24-23-,46-21-,53-51-,59-57-. The highest BCUT2D eigenvalue weighted by atomic mass is 31.2. The molecule has 0 heterocycles. The number of carbonyl (C=O) groups is 2. The minimum absolute atomic E-state index is 0.00776. The molecule has 0 aromatic heterocycles. The van der Waals surface area contributed by atoms with Crippen molar-refractivity contribution in [3.8, 4) is 0 Å².